The van der Waals surface area contributed by atoms with Crippen molar-refractivity contribution in [1.29, 1.82) is 0 Å². The van der Waals surface area contributed by atoms with Gasteiger partial charge in [-0.15, -0.1) is 11.3 Å². The molecule has 1 aromatic heterocycles. The quantitative estimate of drug-likeness (QED) is 0.828. The molecule has 0 aromatic carbocycles. The Balaban J connectivity index is 1.83. The first kappa shape index (κ1) is 8.86. The molecule has 0 spiro atoms. The molecule has 3 heteroatoms. The Bertz CT molecular complexity index is 337. The summed E-state index contributed by atoms with van der Waals surface area (Å²) >= 11 is 1.83. The molecule has 14 heavy (non-hydrogen) atoms. The van der Waals surface area contributed by atoms with Gasteiger partial charge >= 0.3 is 0 Å². The van der Waals surface area contributed by atoms with Gasteiger partial charge in [0.1, 0.15) is 5.01 Å². The minimum Gasteiger partial charge on any atom is -0.329 e. The smallest absolute Gasteiger partial charge is 0.100 e. The summed E-state index contributed by atoms with van der Waals surface area (Å²) in [6.07, 6.45) is 6.58. The molecule has 2 aliphatic rings. The van der Waals surface area contributed by atoms with E-state index in [1.165, 1.54) is 42.8 Å². The highest BCUT2D eigenvalue weighted by atomic mass is 32.1. The summed E-state index contributed by atoms with van der Waals surface area (Å²) in [5.74, 6) is 0.772. The maximum Gasteiger partial charge on any atom is 0.100 e. The number of nitrogens with zero attached hydrogens (tertiary/aromatic N) is 1. The van der Waals surface area contributed by atoms with Crippen LogP contribution in [-0.4, -0.2) is 11.5 Å². The molecule has 3 rings (SSSR count). The second kappa shape index (κ2) is 3.04. The summed E-state index contributed by atoms with van der Waals surface area (Å²) in [6, 6.07) is 0. The summed E-state index contributed by atoms with van der Waals surface area (Å²) in [5.41, 5.74) is 7.44. The molecule has 0 aliphatic heterocycles. The largest absolute Gasteiger partial charge is 0.329 e. The molecule has 1 aromatic rings. The van der Waals surface area contributed by atoms with Crippen LogP contribution >= 0.6 is 11.3 Å². The summed E-state index contributed by atoms with van der Waals surface area (Å²) in [5, 5.41) is 3.57. The normalized spacial score (nSPS) is 24.6. The average molecular weight is 208 g/mol. The Kier molecular flexibility index (Phi) is 1.92. The van der Waals surface area contributed by atoms with Crippen molar-refractivity contribution < 1.29 is 0 Å². The van der Waals surface area contributed by atoms with Gasteiger partial charge in [0.15, 0.2) is 0 Å². The molecule has 1 heterocycles. The van der Waals surface area contributed by atoms with Crippen LogP contribution in [0.1, 0.15) is 48.7 Å². The maximum atomic E-state index is 5.80. The molecule has 2 aliphatic carbocycles. The Hall–Kier alpha value is -0.410. The van der Waals surface area contributed by atoms with Gasteiger partial charge < -0.3 is 5.73 Å². The van der Waals surface area contributed by atoms with Crippen molar-refractivity contribution in [2.75, 3.05) is 6.54 Å². The molecular weight excluding hydrogens is 192 g/mol. The summed E-state index contributed by atoms with van der Waals surface area (Å²) in [7, 11) is 0. The lowest BCUT2D eigenvalue weighted by atomic mass is 9.83. The third kappa shape index (κ3) is 1.22. The second-order valence-electron chi connectivity index (χ2n) is 4.69. The van der Waals surface area contributed by atoms with Gasteiger partial charge in [-0.2, -0.15) is 0 Å². The molecule has 2 fully saturated rings. The van der Waals surface area contributed by atoms with Gasteiger partial charge in [0.05, 0.1) is 5.69 Å². The topological polar surface area (TPSA) is 38.9 Å². The minimum absolute atomic E-state index is 0.298. The molecule has 0 saturated heterocycles. The third-order valence-corrected chi connectivity index (χ3v) is 4.85. The molecule has 2 nitrogen and oxygen atoms in total. The lowest BCUT2D eigenvalue weighted by Crippen LogP contribution is -2.19. The van der Waals surface area contributed by atoms with E-state index in [2.05, 4.69) is 5.38 Å². The van der Waals surface area contributed by atoms with Crippen LogP contribution < -0.4 is 5.73 Å². The van der Waals surface area contributed by atoms with Gasteiger partial charge in [0, 0.05) is 23.3 Å². The van der Waals surface area contributed by atoms with Crippen molar-refractivity contribution in [3.63, 3.8) is 0 Å². The number of hydrogen-bond acceptors (Lipinski definition) is 3. The highest BCUT2D eigenvalue weighted by molar-refractivity contribution is 7.09. The number of nitrogens with two attached hydrogens (primary N) is 1. The zero-order chi connectivity index (χ0) is 9.60. The van der Waals surface area contributed by atoms with E-state index in [0.29, 0.717) is 5.41 Å². The molecule has 2 N–H and O–H groups in total. The van der Waals surface area contributed by atoms with Crippen molar-refractivity contribution >= 4 is 11.3 Å². The first-order valence-corrected chi connectivity index (χ1v) is 6.38. The fourth-order valence-corrected chi connectivity index (χ4v) is 3.25. The SMILES string of the molecule is NCC1(c2nc(C3CCC3)cs2)CC1. The van der Waals surface area contributed by atoms with Crippen molar-refractivity contribution in [2.45, 2.75) is 43.4 Å². The van der Waals surface area contributed by atoms with E-state index in [1.54, 1.807) is 0 Å². The van der Waals surface area contributed by atoms with Gasteiger partial charge in [-0.05, 0) is 25.7 Å². The Morgan fingerprint density at radius 2 is 2.29 bits per heavy atom. The Morgan fingerprint density at radius 3 is 2.79 bits per heavy atom. The van der Waals surface area contributed by atoms with Crippen LogP contribution in [0.2, 0.25) is 0 Å². The van der Waals surface area contributed by atoms with Crippen molar-refractivity contribution in [2.24, 2.45) is 5.73 Å². The first-order valence-electron chi connectivity index (χ1n) is 5.50. The van der Waals surface area contributed by atoms with E-state index in [0.717, 1.165) is 12.5 Å². The number of thiazole rings is 1. The van der Waals surface area contributed by atoms with Gasteiger partial charge in [0.2, 0.25) is 0 Å². The van der Waals surface area contributed by atoms with E-state index in [-0.39, 0.29) is 0 Å². The summed E-state index contributed by atoms with van der Waals surface area (Å²) < 4.78 is 0. The minimum atomic E-state index is 0.298. The van der Waals surface area contributed by atoms with Crippen molar-refractivity contribution in [1.82, 2.24) is 4.98 Å². The van der Waals surface area contributed by atoms with E-state index < -0.39 is 0 Å². The van der Waals surface area contributed by atoms with E-state index in [4.69, 9.17) is 10.7 Å². The molecule has 0 amide bonds. The Morgan fingerprint density at radius 1 is 1.50 bits per heavy atom. The average Bonchev–Trinajstić information content (AvgIpc) is 2.78. The Labute approximate surface area is 88.5 Å². The zero-order valence-electron chi connectivity index (χ0n) is 8.33. The molecule has 2 saturated carbocycles. The fourth-order valence-electron chi connectivity index (χ4n) is 2.08. The molecular formula is C11H16N2S. The van der Waals surface area contributed by atoms with Crippen molar-refractivity contribution in [3.05, 3.63) is 16.1 Å². The van der Waals surface area contributed by atoms with Crippen LogP contribution in [0.15, 0.2) is 5.38 Å². The number of aromatic nitrogens is 1. The predicted octanol–water partition coefficient (Wildman–Crippen LogP) is 2.40. The molecule has 0 bridgehead atoms. The van der Waals surface area contributed by atoms with Crippen LogP contribution in [0.5, 0.6) is 0 Å². The van der Waals surface area contributed by atoms with Crippen LogP contribution in [-0.2, 0) is 5.41 Å². The van der Waals surface area contributed by atoms with Crippen LogP contribution in [0.4, 0.5) is 0 Å². The molecule has 76 valence electrons. The van der Waals surface area contributed by atoms with Gasteiger partial charge in [-0.25, -0.2) is 4.98 Å². The fraction of sp³-hybridized carbons (Fsp3) is 0.727. The molecule has 0 atom stereocenters. The summed E-state index contributed by atoms with van der Waals surface area (Å²) in [4.78, 5) is 4.78. The molecule has 0 radical (unpaired) electrons. The predicted molar refractivity (Wildman–Crippen MR) is 58.7 cm³/mol. The van der Waals surface area contributed by atoms with E-state index in [1.807, 2.05) is 11.3 Å². The number of rotatable bonds is 3. The lowest BCUT2D eigenvalue weighted by Gasteiger charge is -2.23. The van der Waals surface area contributed by atoms with Crippen LogP contribution in [0.3, 0.4) is 0 Å². The van der Waals surface area contributed by atoms with Gasteiger partial charge in [-0.1, -0.05) is 6.42 Å². The third-order valence-electron chi connectivity index (χ3n) is 3.74. The highest BCUT2D eigenvalue weighted by Gasteiger charge is 2.45. The second-order valence-corrected chi connectivity index (χ2v) is 5.55. The zero-order valence-corrected chi connectivity index (χ0v) is 9.15. The standard InChI is InChI=1S/C11H16N2S/c12-7-11(4-5-11)10-13-9(6-14-10)8-2-1-3-8/h6,8H,1-5,7,12H2. The first-order chi connectivity index (χ1) is 6.84. The van der Waals surface area contributed by atoms with Crippen LogP contribution in [0, 0.1) is 0 Å². The monoisotopic (exact) mass is 208 g/mol. The van der Waals surface area contributed by atoms with E-state index >= 15 is 0 Å². The van der Waals surface area contributed by atoms with E-state index in [9.17, 15) is 0 Å². The van der Waals surface area contributed by atoms with Crippen molar-refractivity contribution in [3.8, 4) is 0 Å². The molecule has 0 unspecified atom stereocenters. The summed E-state index contributed by atoms with van der Waals surface area (Å²) in [6.45, 7) is 0.782. The van der Waals surface area contributed by atoms with Gasteiger partial charge in [0.25, 0.3) is 0 Å². The lowest BCUT2D eigenvalue weighted by molar-refractivity contribution is 0.411. The van der Waals surface area contributed by atoms with Crippen LogP contribution in [0.25, 0.3) is 0 Å². The maximum absolute atomic E-state index is 5.80. The number of hydrogen-bond donors (Lipinski definition) is 1. The van der Waals surface area contributed by atoms with Gasteiger partial charge in [-0.3, -0.25) is 0 Å². The highest BCUT2D eigenvalue weighted by Crippen LogP contribution is 2.49.